The van der Waals surface area contributed by atoms with Gasteiger partial charge in [-0.3, -0.25) is 4.79 Å². The van der Waals surface area contributed by atoms with Crippen molar-refractivity contribution in [3.8, 4) is 0 Å². The molecule has 1 amide bonds. The minimum atomic E-state index is -0.149. The molecule has 25 heavy (non-hydrogen) atoms. The van der Waals surface area contributed by atoms with E-state index in [9.17, 15) is 9.90 Å². The highest BCUT2D eigenvalue weighted by molar-refractivity contribution is 5.94. The van der Waals surface area contributed by atoms with E-state index in [1.165, 1.54) is 0 Å². The molecule has 0 aliphatic carbocycles. The minimum absolute atomic E-state index is 0.0786. The lowest BCUT2D eigenvalue weighted by molar-refractivity contribution is 0.0498. The first-order valence-corrected chi connectivity index (χ1v) is 8.82. The van der Waals surface area contributed by atoms with E-state index in [4.69, 9.17) is 4.74 Å². The zero-order valence-corrected chi connectivity index (χ0v) is 14.5. The molecule has 1 aromatic heterocycles. The third-order valence-electron chi connectivity index (χ3n) is 4.76. The van der Waals surface area contributed by atoms with Crippen LogP contribution in [-0.4, -0.2) is 33.8 Å². The molecule has 2 N–H and O–H groups in total. The summed E-state index contributed by atoms with van der Waals surface area (Å²) in [6, 6.07) is 6.93. The van der Waals surface area contributed by atoms with Crippen molar-refractivity contribution >= 4 is 5.91 Å². The molecule has 1 aliphatic heterocycles. The van der Waals surface area contributed by atoms with E-state index >= 15 is 0 Å². The Morgan fingerprint density at radius 1 is 1.44 bits per heavy atom. The van der Waals surface area contributed by atoms with Crippen LogP contribution in [0, 0.1) is 5.92 Å². The molecule has 1 fully saturated rings. The van der Waals surface area contributed by atoms with Crippen molar-refractivity contribution < 1.29 is 14.6 Å². The molecule has 2 aromatic rings. The topological polar surface area (TPSA) is 76.4 Å². The fraction of sp³-hybridized carbons (Fsp3) is 0.474. The molecule has 0 radical (unpaired) electrons. The van der Waals surface area contributed by atoms with Crippen LogP contribution in [-0.2, 0) is 17.9 Å². The number of benzene rings is 1. The van der Waals surface area contributed by atoms with Gasteiger partial charge in [0, 0.05) is 37.7 Å². The molecule has 0 bridgehead atoms. The lowest BCUT2D eigenvalue weighted by atomic mass is 9.90. The molecule has 6 nitrogen and oxygen atoms in total. The number of imidazole rings is 1. The standard InChI is InChI=1S/C19H25N3O3/c1-2-22-9-8-20-18(22)17(15-6-10-25-11-7-15)21-19(24)16-5-3-4-14(12-16)13-23/h3-5,8-9,12,15,17,23H,2,6-7,10-11,13H2,1H3,(H,21,24). The number of aromatic nitrogens is 2. The Morgan fingerprint density at radius 2 is 2.24 bits per heavy atom. The number of hydrogen-bond donors (Lipinski definition) is 2. The van der Waals surface area contributed by atoms with Gasteiger partial charge in [0.15, 0.2) is 0 Å². The molecule has 2 heterocycles. The molecular weight excluding hydrogens is 318 g/mol. The number of carbonyl (C=O) groups is 1. The van der Waals surface area contributed by atoms with E-state index in [-0.39, 0.29) is 18.6 Å². The Bertz CT molecular complexity index is 707. The fourth-order valence-electron chi connectivity index (χ4n) is 3.34. The van der Waals surface area contributed by atoms with Crippen LogP contribution in [0.1, 0.15) is 47.6 Å². The lowest BCUT2D eigenvalue weighted by Crippen LogP contribution is -2.37. The van der Waals surface area contributed by atoms with Gasteiger partial charge < -0.3 is 19.7 Å². The number of ether oxygens (including phenoxy) is 1. The summed E-state index contributed by atoms with van der Waals surface area (Å²) in [5.41, 5.74) is 1.28. The van der Waals surface area contributed by atoms with Gasteiger partial charge in [-0.15, -0.1) is 0 Å². The third kappa shape index (κ3) is 4.08. The summed E-state index contributed by atoms with van der Waals surface area (Å²) >= 11 is 0. The van der Waals surface area contributed by atoms with Gasteiger partial charge in [-0.1, -0.05) is 12.1 Å². The Balaban J connectivity index is 1.85. The predicted octanol–water partition coefficient (Wildman–Crippen LogP) is 2.29. The molecule has 1 atom stereocenters. The molecule has 6 heteroatoms. The Kier molecular flexibility index (Phi) is 5.83. The normalized spacial score (nSPS) is 16.6. The van der Waals surface area contributed by atoms with Gasteiger partial charge in [0.05, 0.1) is 12.6 Å². The van der Waals surface area contributed by atoms with Crippen LogP contribution >= 0.6 is 0 Å². The molecule has 1 saturated heterocycles. The predicted molar refractivity (Wildman–Crippen MR) is 94.0 cm³/mol. The van der Waals surface area contributed by atoms with Crippen molar-refractivity contribution in [1.82, 2.24) is 14.9 Å². The molecule has 0 saturated carbocycles. The monoisotopic (exact) mass is 343 g/mol. The number of amides is 1. The fourth-order valence-corrected chi connectivity index (χ4v) is 3.34. The average molecular weight is 343 g/mol. The van der Waals surface area contributed by atoms with Crippen LogP contribution in [0.3, 0.4) is 0 Å². The van der Waals surface area contributed by atoms with E-state index < -0.39 is 0 Å². The summed E-state index contributed by atoms with van der Waals surface area (Å²) in [4.78, 5) is 17.3. The number of aryl methyl sites for hydroxylation is 1. The maximum atomic E-state index is 12.8. The second kappa shape index (κ2) is 8.27. The zero-order valence-electron chi connectivity index (χ0n) is 14.5. The summed E-state index contributed by atoms with van der Waals surface area (Å²) in [5.74, 6) is 1.05. The van der Waals surface area contributed by atoms with Crippen molar-refractivity contribution in [2.24, 2.45) is 5.92 Å². The van der Waals surface area contributed by atoms with E-state index in [1.54, 1.807) is 30.5 Å². The Morgan fingerprint density at radius 3 is 2.96 bits per heavy atom. The number of rotatable bonds is 6. The average Bonchev–Trinajstić information content (AvgIpc) is 3.15. The number of nitrogens with one attached hydrogen (secondary N) is 1. The first-order valence-electron chi connectivity index (χ1n) is 8.82. The highest BCUT2D eigenvalue weighted by Gasteiger charge is 2.30. The van der Waals surface area contributed by atoms with Crippen molar-refractivity contribution in [3.63, 3.8) is 0 Å². The summed E-state index contributed by atoms with van der Waals surface area (Å²) < 4.78 is 7.55. The van der Waals surface area contributed by atoms with Crippen molar-refractivity contribution in [3.05, 3.63) is 53.6 Å². The van der Waals surface area contributed by atoms with E-state index in [1.807, 2.05) is 6.20 Å². The van der Waals surface area contributed by atoms with Gasteiger partial charge in [-0.05, 0) is 43.4 Å². The number of aliphatic hydroxyl groups is 1. The summed E-state index contributed by atoms with van der Waals surface area (Å²) in [6.07, 6.45) is 5.53. The second-order valence-electron chi connectivity index (χ2n) is 6.33. The van der Waals surface area contributed by atoms with Gasteiger partial charge in [0.25, 0.3) is 5.91 Å². The van der Waals surface area contributed by atoms with Gasteiger partial charge in [0.1, 0.15) is 5.82 Å². The van der Waals surface area contributed by atoms with Crippen LogP contribution in [0.25, 0.3) is 0 Å². The minimum Gasteiger partial charge on any atom is -0.392 e. The van der Waals surface area contributed by atoms with E-state index in [0.29, 0.717) is 24.7 Å². The van der Waals surface area contributed by atoms with Crippen molar-refractivity contribution in [2.45, 2.75) is 39.0 Å². The molecule has 1 aliphatic rings. The molecule has 1 unspecified atom stereocenters. The zero-order chi connectivity index (χ0) is 17.6. The van der Waals surface area contributed by atoms with Gasteiger partial charge in [-0.25, -0.2) is 4.98 Å². The summed E-state index contributed by atoms with van der Waals surface area (Å²) in [6.45, 7) is 4.22. The summed E-state index contributed by atoms with van der Waals surface area (Å²) in [7, 11) is 0. The van der Waals surface area contributed by atoms with Gasteiger partial charge in [-0.2, -0.15) is 0 Å². The highest BCUT2D eigenvalue weighted by atomic mass is 16.5. The molecular formula is C19H25N3O3. The lowest BCUT2D eigenvalue weighted by Gasteiger charge is -2.31. The van der Waals surface area contributed by atoms with Crippen molar-refractivity contribution in [1.29, 1.82) is 0 Å². The number of aliphatic hydroxyl groups excluding tert-OH is 1. The van der Waals surface area contributed by atoms with Gasteiger partial charge >= 0.3 is 0 Å². The largest absolute Gasteiger partial charge is 0.392 e. The Labute approximate surface area is 147 Å². The van der Waals surface area contributed by atoms with Crippen LogP contribution in [0.5, 0.6) is 0 Å². The maximum absolute atomic E-state index is 12.8. The highest BCUT2D eigenvalue weighted by Crippen LogP contribution is 2.29. The number of nitrogens with zero attached hydrogens (tertiary/aromatic N) is 2. The molecule has 134 valence electrons. The Hall–Kier alpha value is -2.18. The first-order chi connectivity index (χ1) is 12.2. The number of carbonyl (C=O) groups excluding carboxylic acids is 1. The van der Waals surface area contributed by atoms with Crippen LogP contribution in [0.2, 0.25) is 0 Å². The van der Waals surface area contributed by atoms with Crippen LogP contribution in [0.15, 0.2) is 36.7 Å². The first kappa shape index (κ1) is 17.6. The van der Waals surface area contributed by atoms with Crippen LogP contribution < -0.4 is 5.32 Å². The van der Waals surface area contributed by atoms with E-state index in [2.05, 4.69) is 21.8 Å². The molecule has 0 spiro atoms. The van der Waals surface area contributed by atoms with E-state index in [0.717, 1.165) is 30.8 Å². The third-order valence-corrected chi connectivity index (χ3v) is 4.76. The van der Waals surface area contributed by atoms with Crippen molar-refractivity contribution in [2.75, 3.05) is 13.2 Å². The second-order valence-corrected chi connectivity index (χ2v) is 6.33. The van der Waals surface area contributed by atoms with Gasteiger partial charge in [0.2, 0.25) is 0 Å². The molecule has 1 aromatic carbocycles. The maximum Gasteiger partial charge on any atom is 0.251 e. The molecule has 3 rings (SSSR count). The van der Waals surface area contributed by atoms with Crippen LogP contribution in [0.4, 0.5) is 0 Å². The summed E-state index contributed by atoms with van der Waals surface area (Å²) in [5, 5.41) is 12.5. The smallest absolute Gasteiger partial charge is 0.251 e. The number of hydrogen-bond acceptors (Lipinski definition) is 4. The SMILES string of the molecule is CCn1ccnc1C(NC(=O)c1cccc(CO)c1)C1CCOCC1. The quantitative estimate of drug-likeness (QED) is 0.844.